The SMILES string of the molecule is CNc1ncnc(N(C)CC(F)F)c1OC. The molecule has 0 fully saturated rings. The molecule has 1 rings (SSSR count). The van der Waals surface area contributed by atoms with Crippen molar-refractivity contribution in [2.45, 2.75) is 6.43 Å². The Bertz CT molecular complexity index is 348. The molecule has 0 aliphatic heterocycles. The molecule has 1 aromatic rings. The summed E-state index contributed by atoms with van der Waals surface area (Å²) in [4.78, 5) is 9.18. The Balaban J connectivity index is 3.02. The molecule has 0 atom stereocenters. The van der Waals surface area contributed by atoms with Crippen molar-refractivity contribution in [1.82, 2.24) is 9.97 Å². The number of hydrogen-bond acceptors (Lipinski definition) is 5. The molecule has 0 unspecified atom stereocenters. The van der Waals surface area contributed by atoms with Crippen LogP contribution in [0.5, 0.6) is 5.75 Å². The minimum atomic E-state index is -2.43. The third-order valence-corrected chi connectivity index (χ3v) is 2.00. The number of aromatic nitrogens is 2. The van der Waals surface area contributed by atoms with Crippen LogP contribution in [0.1, 0.15) is 0 Å². The van der Waals surface area contributed by atoms with Crippen LogP contribution >= 0.6 is 0 Å². The summed E-state index contributed by atoms with van der Waals surface area (Å²) in [5, 5.41) is 2.80. The van der Waals surface area contributed by atoms with E-state index in [4.69, 9.17) is 4.74 Å². The van der Waals surface area contributed by atoms with Gasteiger partial charge in [-0.25, -0.2) is 18.7 Å². The lowest BCUT2D eigenvalue weighted by Crippen LogP contribution is -2.25. The number of ether oxygens (including phenoxy) is 1. The molecule has 0 aliphatic carbocycles. The van der Waals surface area contributed by atoms with Gasteiger partial charge in [0, 0.05) is 14.1 Å². The molecular formula is C9H14F2N4O. The Morgan fingerprint density at radius 3 is 2.69 bits per heavy atom. The van der Waals surface area contributed by atoms with E-state index in [1.54, 1.807) is 7.05 Å². The van der Waals surface area contributed by atoms with Crippen LogP contribution in [-0.2, 0) is 0 Å². The summed E-state index contributed by atoms with van der Waals surface area (Å²) >= 11 is 0. The number of nitrogens with one attached hydrogen (secondary N) is 1. The van der Waals surface area contributed by atoms with Gasteiger partial charge in [0.15, 0.2) is 11.6 Å². The van der Waals surface area contributed by atoms with Crippen molar-refractivity contribution in [3.63, 3.8) is 0 Å². The highest BCUT2D eigenvalue weighted by Crippen LogP contribution is 2.30. The van der Waals surface area contributed by atoms with Gasteiger partial charge in [0.05, 0.1) is 13.7 Å². The molecule has 16 heavy (non-hydrogen) atoms. The van der Waals surface area contributed by atoms with Crippen molar-refractivity contribution < 1.29 is 13.5 Å². The maximum atomic E-state index is 12.2. The summed E-state index contributed by atoms with van der Waals surface area (Å²) in [6.45, 7) is -0.406. The van der Waals surface area contributed by atoms with Crippen molar-refractivity contribution in [1.29, 1.82) is 0 Å². The molecule has 1 N–H and O–H groups in total. The predicted molar refractivity (Wildman–Crippen MR) is 57.4 cm³/mol. The highest BCUT2D eigenvalue weighted by Gasteiger charge is 2.17. The molecule has 1 aromatic heterocycles. The molecule has 5 nitrogen and oxygen atoms in total. The zero-order valence-corrected chi connectivity index (χ0v) is 9.37. The summed E-state index contributed by atoms with van der Waals surface area (Å²) in [6.07, 6.45) is -1.13. The van der Waals surface area contributed by atoms with Crippen LogP contribution in [0.3, 0.4) is 0 Å². The Morgan fingerprint density at radius 2 is 2.19 bits per heavy atom. The Kier molecular flexibility index (Phi) is 4.21. The molecule has 0 spiro atoms. The maximum absolute atomic E-state index is 12.2. The first-order valence-corrected chi connectivity index (χ1v) is 4.66. The van der Waals surface area contributed by atoms with Gasteiger partial charge >= 0.3 is 0 Å². The van der Waals surface area contributed by atoms with E-state index in [-0.39, 0.29) is 0 Å². The average Bonchev–Trinajstić information content (AvgIpc) is 2.26. The number of alkyl halides is 2. The van der Waals surface area contributed by atoms with Gasteiger partial charge in [-0.1, -0.05) is 0 Å². The summed E-state index contributed by atoms with van der Waals surface area (Å²) in [7, 11) is 4.64. The second kappa shape index (κ2) is 5.43. The van der Waals surface area contributed by atoms with Crippen molar-refractivity contribution in [2.75, 3.05) is 38.0 Å². The Hall–Kier alpha value is -1.66. The average molecular weight is 232 g/mol. The number of halogens is 2. The second-order valence-corrected chi connectivity index (χ2v) is 3.10. The standard InChI is InChI=1S/C9H14F2N4O/c1-12-8-7(16-3)9(14-5-13-8)15(2)4-6(10)11/h5-6H,4H2,1-3H3,(H,12,13,14). The van der Waals surface area contributed by atoms with Crippen molar-refractivity contribution in [2.24, 2.45) is 0 Å². The van der Waals surface area contributed by atoms with E-state index < -0.39 is 13.0 Å². The predicted octanol–water partition coefficient (Wildman–Crippen LogP) is 1.23. The molecule has 0 saturated carbocycles. The van der Waals surface area contributed by atoms with Crippen molar-refractivity contribution >= 4 is 11.6 Å². The second-order valence-electron chi connectivity index (χ2n) is 3.10. The molecule has 0 amide bonds. The summed E-state index contributed by atoms with van der Waals surface area (Å²) in [5.74, 6) is 1.16. The first-order chi connectivity index (χ1) is 7.60. The first-order valence-electron chi connectivity index (χ1n) is 4.66. The molecule has 0 radical (unpaired) electrons. The van der Waals surface area contributed by atoms with Gasteiger partial charge in [0.1, 0.15) is 6.33 Å². The molecule has 0 aromatic carbocycles. The van der Waals surface area contributed by atoms with Gasteiger partial charge in [0.25, 0.3) is 6.43 Å². The molecular weight excluding hydrogens is 218 g/mol. The van der Waals surface area contributed by atoms with Gasteiger partial charge < -0.3 is 15.0 Å². The summed E-state index contributed by atoms with van der Waals surface area (Å²) in [6, 6.07) is 0. The lowest BCUT2D eigenvalue weighted by Gasteiger charge is -2.20. The highest BCUT2D eigenvalue weighted by molar-refractivity contribution is 5.64. The molecule has 90 valence electrons. The Labute approximate surface area is 92.4 Å². The van der Waals surface area contributed by atoms with E-state index in [0.29, 0.717) is 17.4 Å². The fourth-order valence-corrected chi connectivity index (χ4v) is 1.30. The molecule has 7 heteroatoms. The summed E-state index contributed by atoms with van der Waals surface area (Å²) < 4.78 is 29.6. The highest BCUT2D eigenvalue weighted by atomic mass is 19.3. The zero-order chi connectivity index (χ0) is 12.1. The van der Waals surface area contributed by atoms with Gasteiger partial charge in [-0.15, -0.1) is 0 Å². The first kappa shape index (κ1) is 12.4. The van der Waals surface area contributed by atoms with Crippen LogP contribution in [0, 0.1) is 0 Å². The van der Waals surface area contributed by atoms with Crippen LogP contribution < -0.4 is 15.0 Å². The van der Waals surface area contributed by atoms with E-state index in [0.717, 1.165) is 0 Å². The van der Waals surface area contributed by atoms with Crippen LogP contribution in [-0.4, -0.2) is 44.1 Å². The summed E-state index contributed by atoms with van der Waals surface area (Å²) in [5.41, 5.74) is 0. The number of anilines is 2. The maximum Gasteiger partial charge on any atom is 0.255 e. The van der Waals surface area contributed by atoms with Gasteiger partial charge in [-0.3, -0.25) is 0 Å². The van der Waals surface area contributed by atoms with Crippen LogP contribution in [0.4, 0.5) is 20.4 Å². The third kappa shape index (κ3) is 2.68. The topological polar surface area (TPSA) is 50.3 Å². The van der Waals surface area contributed by atoms with Gasteiger partial charge in [-0.2, -0.15) is 0 Å². The van der Waals surface area contributed by atoms with E-state index in [2.05, 4.69) is 15.3 Å². The number of methoxy groups -OCH3 is 1. The lowest BCUT2D eigenvalue weighted by atomic mass is 10.4. The van der Waals surface area contributed by atoms with Crippen LogP contribution in [0.2, 0.25) is 0 Å². The number of rotatable bonds is 5. The van der Waals surface area contributed by atoms with Crippen LogP contribution in [0.15, 0.2) is 6.33 Å². The van der Waals surface area contributed by atoms with Crippen LogP contribution in [0.25, 0.3) is 0 Å². The van der Waals surface area contributed by atoms with Crippen molar-refractivity contribution in [3.8, 4) is 5.75 Å². The zero-order valence-electron chi connectivity index (χ0n) is 9.37. The fraction of sp³-hybridized carbons (Fsp3) is 0.556. The molecule has 0 saturated heterocycles. The smallest absolute Gasteiger partial charge is 0.255 e. The number of hydrogen-bond donors (Lipinski definition) is 1. The lowest BCUT2D eigenvalue weighted by molar-refractivity contribution is 0.156. The molecule has 0 bridgehead atoms. The Morgan fingerprint density at radius 1 is 1.50 bits per heavy atom. The van der Waals surface area contributed by atoms with E-state index in [9.17, 15) is 8.78 Å². The normalized spacial score (nSPS) is 10.4. The minimum Gasteiger partial charge on any atom is -0.490 e. The third-order valence-electron chi connectivity index (χ3n) is 2.00. The van der Waals surface area contributed by atoms with Gasteiger partial charge in [-0.05, 0) is 0 Å². The molecule has 1 heterocycles. The monoisotopic (exact) mass is 232 g/mol. The fourth-order valence-electron chi connectivity index (χ4n) is 1.30. The quantitative estimate of drug-likeness (QED) is 0.827. The van der Waals surface area contributed by atoms with Gasteiger partial charge in [0.2, 0.25) is 5.75 Å². The largest absolute Gasteiger partial charge is 0.490 e. The minimum absolute atomic E-state index is 0.335. The molecule has 0 aliphatic rings. The van der Waals surface area contributed by atoms with E-state index >= 15 is 0 Å². The van der Waals surface area contributed by atoms with Crippen molar-refractivity contribution in [3.05, 3.63) is 6.33 Å². The van der Waals surface area contributed by atoms with E-state index in [1.165, 1.54) is 25.4 Å². The number of nitrogens with zero attached hydrogens (tertiary/aromatic N) is 3. The van der Waals surface area contributed by atoms with E-state index in [1.807, 2.05) is 0 Å².